The van der Waals surface area contributed by atoms with E-state index in [4.69, 9.17) is 5.84 Å². The van der Waals surface area contributed by atoms with Crippen molar-refractivity contribution in [2.45, 2.75) is 58.6 Å². The normalized spacial score (nSPS) is 24.9. The largest absolute Gasteiger partial charge is 0.392 e. The molecular formula is C14H25N5O. The minimum Gasteiger partial charge on any atom is -0.392 e. The molecule has 1 aliphatic carbocycles. The number of hydrogen-bond donors (Lipinski definition) is 4. The van der Waals surface area contributed by atoms with E-state index >= 15 is 0 Å². The third-order valence-corrected chi connectivity index (χ3v) is 4.08. The highest BCUT2D eigenvalue weighted by Crippen LogP contribution is 2.42. The molecule has 2 rings (SSSR count). The zero-order valence-corrected chi connectivity index (χ0v) is 12.9. The van der Waals surface area contributed by atoms with Crippen LogP contribution in [-0.2, 0) is 5.41 Å². The Balaban J connectivity index is 2.24. The lowest BCUT2D eigenvalue weighted by Crippen LogP contribution is -2.57. The maximum Gasteiger partial charge on any atom is 0.145 e. The first-order chi connectivity index (χ1) is 9.14. The summed E-state index contributed by atoms with van der Waals surface area (Å²) in [6, 6.07) is 1.99. The van der Waals surface area contributed by atoms with Crippen molar-refractivity contribution in [2.75, 3.05) is 10.7 Å². The van der Waals surface area contributed by atoms with Gasteiger partial charge >= 0.3 is 0 Å². The van der Waals surface area contributed by atoms with Crippen LogP contribution >= 0.6 is 0 Å². The van der Waals surface area contributed by atoms with E-state index in [1.165, 1.54) is 0 Å². The summed E-state index contributed by atoms with van der Waals surface area (Å²) in [6.07, 6.45) is 0.462. The fourth-order valence-electron chi connectivity index (χ4n) is 2.26. The number of hydrazine groups is 1. The monoisotopic (exact) mass is 279 g/mol. The minimum absolute atomic E-state index is 0.150. The van der Waals surface area contributed by atoms with E-state index in [1.807, 2.05) is 13.8 Å². The highest BCUT2D eigenvalue weighted by Gasteiger charge is 2.47. The lowest BCUT2D eigenvalue weighted by Gasteiger charge is -2.49. The molecule has 0 aromatic carbocycles. The summed E-state index contributed by atoms with van der Waals surface area (Å²) in [6.45, 7) is 10.3. The third-order valence-electron chi connectivity index (χ3n) is 4.08. The van der Waals surface area contributed by atoms with Crippen LogP contribution in [0.15, 0.2) is 6.07 Å². The predicted molar refractivity (Wildman–Crippen MR) is 80.4 cm³/mol. The number of hydrogen-bond acceptors (Lipinski definition) is 6. The number of aliphatic hydroxyl groups excluding tert-OH is 1. The Morgan fingerprint density at radius 2 is 1.90 bits per heavy atom. The molecule has 112 valence electrons. The summed E-state index contributed by atoms with van der Waals surface area (Å²) < 4.78 is 0. The lowest BCUT2D eigenvalue weighted by molar-refractivity contribution is -0.0511. The number of nitrogens with two attached hydrogens (primary N) is 1. The summed E-state index contributed by atoms with van der Waals surface area (Å²) in [5.41, 5.74) is 2.27. The molecule has 0 bridgehead atoms. The molecule has 1 aromatic rings. The third kappa shape index (κ3) is 2.71. The summed E-state index contributed by atoms with van der Waals surface area (Å²) in [5, 5.41) is 13.2. The highest BCUT2D eigenvalue weighted by atomic mass is 16.3. The number of nitrogens with zero attached hydrogens (tertiary/aromatic N) is 2. The second-order valence-electron chi connectivity index (χ2n) is 7.13. The fourth-order valence-corrected chi connectivity index (χ4v) is 2.26. The summed E-state index contributed by atoms with van der Waals surface area (Å²) in [7, 11) is 0. The minimum atomic E-state index is -0.268. The molecule has 2 atom stereocenters. The van der Waals surface area contributed by atoms with Gasteiger partial charge in [0.2, 0.25) is 0 Å². The predicted octanol–water partition coefficient (Wildman–Crippen LogP) is 1.63. The van der Waals surface area contributed by atoms with Crippen LogP contribution in [0.4, 0.5) is 11.6 Å². The Bertz CT molecular complexity index is 495. The van der Waals surface area contributed by atoms with Gasteiger partial charge in [-0.25, -0.2) is 15.8 Å². The average Bonchev–Trinajstić information content (AvgIpc) is 2.37. The maximum absolute atomic E-state index is 9.80. The van der Waals surface area contributed by atoms with Crippen LogP contribution in [0.1, 0.15) is 46.9 Å². The molecule has 1 heterocycles. The summed E-state index contributed by atoms with van der Waals surface area (Å²) in [4.78, 5) is 8.95. The molecule has 0 radical (unpaired) electrons. The summed E-state index contributed by atoms with van der Waals surface area (Å²) >= 11 is 0. The van der Waals surface area contributed by atoms with Crippen molar-refractivity contribution < 1.29 is 5.11 Å². The molecule has 6 nitrogen and oxygen atoms in total. The second kappa shape index (κ2) is 4.86. The van der Waals surface area contributed by atoms with Crippen LogP contribution in [-0.4, -0.2) is 27.2 Å². The molecule has 6 heteroatoms. The number of aromatic nitrogens is 2. The van der Waals surface area contributed by atoms with Gasteiger partial charge in [0, 0.05) is 22.9 Å². The quantitative estimate of drug-likeness (QED) is 0.496. The molecule has 1 aromatic heterocycles. The number of rotatable bonds is 3. The van der Waals surface area contributed by atoms with Crippen LogP contribution in [0.5, 0.6) is 0 Å². The van der Waals surface area contributed by atoms with Gasteiger partial charge in [-0.3, -0.25) is 0 Å². The van der Waals surface area contributed by atoms with E-state index in [-0.39, 0.29) is 23.0 Å². The van der Waals surface area contributed by atoms with Crippen LogP contribution < -0.4 is 16.6 Å². The Hall–Kier alpha value is -1.40. The van der Waals surface area contributed by atoms with Crippen molar-refractivity contribution in [3.8, 4) is 0 Å². The number of nitrogen functional groups attached to an aromatic ring is 1. The number of nitrogens with one attached hydrogen (secondary N) is 2. The van der Waals surface area contributed by atoms with E-state index in [0.29, 0.717) is 5.82 Å². The van der Waals surface area contributed by atoms with Gasteiger partial charge in [0.1, 0.15) is 17.5 Å². The standard InChI is InChI=1S/C14H25N5O/c1-13(2,3)12-17-10(7-11(18-12)19-15)16-8-6-9(20)14(8,4)5/h7-9,20H,6,15H2,1-5H3,(H2,16,17,18,19). The van der Waals surface area contributed by atoms with Gasteiger partial charge in [0.25, 0.3) is 0 Å². The molecule has 1 saturated carbocycles. The summed E-state index contributed by atoms with van der Waals surface area (Å²) in [5.74, 6) is 7.53. The van der Waals surface area contributed by atoms with Crippen molar-refractivity contribution in [3.05, 3.63) is 11.9 Å². The van der Waals surface area contributed by atoms with Crippen LogP contribution in [0.25, 0.3) is 0 Å². The average molecular weight is 279 g/mol. The van der Waals surface area contributed by atoms with Crippen molar-refractivity contribution >= 4 is 11.6 Å². The molecule has 0 spiro atoms. The smallest absolute Gasteiger partial charge is 0.145 e. The fraction of sp³-hybridized carbons (Fsp3) is 0.714. The topological polar surface area (TPSA) is 96.1 Å². The maximum atomic E-state index is 9.80. The molecule has 0 saturated heterocycles. The van der Waals surface area contributed by atoms with E-state index in [1.54, 1.807) is 6.07 Å². The first-order valence-corrected chi connectivity index (χ1v) is 6.95. The number of anilines is 2. The van der Waals surface area contributed by atoms with Crippen molar-refractivity contribution in [2.24, 2.45) is 11.3 Å². The van der Waals surface area contributed by atoms with Crippen molar-refractivity contribution in [1.82, 2.24) is 9.97 Å². The van der Waals surface area contributed by atoms with Gasteiger partial charge in [-0.05, 0) is 6.42 Å². The van der Waals surface area contributed by atoms with E-state index < -0.39 is 0 Å². The van der Waals surface area contributed by atoms with Gasteiger partial charge in [-0.2, -0.15) is 0 Å². The van der Waals surface area contributed by atoms with Gasteiger partial charge in [0.15, 0.2) is 0 Å². The zero-order valence-electron chi connectivity index (χ0n) is 12.9. The highest BCUT2D eigenvalue weighted by molar-refractivity contribution is 5.48. The Labute approximate surface area is 120 Å². The van der Waals surface area contributed by atoms with E-state index in [0.717, 1.165) is 18.1 Å². The molecule has 5 N–H and O–H groups in total. The zero-order chi connectivity index (χ0) is 15.1. The van der Waals surface area contributed by atoms with Crippen LogP contribution in [0.2, 0.25) is 0 Å². The number of aliphatic hydroxyl groups is 1. The molecule has 0 amide bonds. The molecule has 1 aliphatic rings. The molecule has 0 aliphatic heterocycles. The van der Waals surface area contributed by atoms with E-state index in [2.05, 4.69) is 41.5 Å². The molecule has 2 unspecified atom stereocenters. The van der Waals surface area contributed by atoms with Gasteiger partial charge in [-0.15, -0.1) is 0 Å². The van der Waals surface area contributed by atoms with Gasteiger partial charge < -0.3 is 15.8 Å². The van der Waals surface area contributed by atoms with Crippen molar-refractivity contribution in [3.63, 3.8) is 0 Å². The van der Waals surface area contributed by atoms with Gasteiger partial charge in [-0.1, -0.05) is 34.6 Å². The van der Waals surface area contributed by atoms with Gasteiger partial charge in [0.05, 0.1) is 6.10 Å². The molecular weight excluding hydrogens is 254 g/mol. The Morgan fingerprint density at radius 1 is 1.30 bits per heavy atom. The Kier molecular flexibility index (Phi) is 3.64. The first kappa shape index (κ1) is 15.0. The van der Waals surface area contributed by atoms with E-state index in [9.17, 15) is 5.11 Å². The van der Waals surface area contributed by atoms with Crippen LogP contribution in [0.3, 0.4) is 0 Å². The Morgan fingerprint density at radius 3 is 2.35 bits per heavy atom. The lowest BCUT2D eigenvalue weighted by atomic mass is 9.64. The molecule has 1 fully saturated rings. The second-order valence-corrected chi connectivity index (χ2v) is 7.13. The van der Waals surface area contributed by atoms with Crippen LogP contribution in [0, 0.1) is 5.41 Å². The molecule has 20 heavy (non-hydrogen) atoms. The first-order valence-electron chi connectivity index (χ1n) is 6.95. The van der Waals surface area contributed by atoms with Crippen molar-refractivity contribution in [1.29, 1.82) is 0 Å². The SMILES string of the molecule is CC(C)(C)c1nc(NN)cc(NC2CC(O)C2(C)C)n1.